The van der Waals surface area contributed by atoms with Gasteiger partial charge in [-0.1, -0.05) is 19.1 Å². The highest BCUT2D eigenvalue weighted by Crippen LogP contribution is 2.34. The van der Waals surface area contributed by atoms with Gasteiger partial charge in [0.15, 0.2) is 0 Å². The maximum absolute atomic E-state index is 13.2. The van der Waals surface area contributed by atoms with E-state index in [-0.39, 0.29) is 30.3 Å². The summed E-state index contributed by atoms with van der Waals surface area (Å²) in [7, 11) is 0. The monoisotopic (exact) mass is 461 g/mol. The number of nitrogens with zero attached hydrogens (tertiary/aromatic N) is 1. The molecular formula is C23H22F3N3O4. The Labute approximate surface area is 187 Å². The summed E-state index contributed by atoms with van der Waals surface area (Å²) in [6.07, 6.45) is -4.60. The second-order valence-electron chi connectivity index (χ2n) is 7.38. The molecule has 0 aliphatic carbocycles. The van der Waals surface area contributed by atoms with Crippen molar-refractivity contribution < 1.29 is 27.2 Å². The zero-order valence-corrected chi connectivity index (χ0v) is 18.0. The van der Waals surface area contributed by atoms with E-state index >= 15 is 0 Å². The summed E-state index contributed by atoms with van der Waals surface area (Å²) >= 11 is 0. The number of carbonyl (C=O) groups is 2. The average molecular weight is 461 g/mol. The van der Waals surface area contributed by atoms with Gasteiger partial charge in [-0.25, -0.2) is 4.79 Å². The number of nitrogens with one attached hydrogen (secondary N) is 2. The lowest BCUT2D eigenvalue weighted by molar-refractivity contribution is -0.137. The summed E-state index contributed by atoms with van der Waals surface area (Å²) in [6.45, 7) is 3.55. The van der Waals surface area contributed by atoms with Crippen molar-refractivity contribution in [1.29, 1.82) is 0 Å². The van der Waals surface area contributed by atoms with Gasteiger partial charge in [0.1, 0.15) is 5.58 Å². The molecule has 174 valence electrons. The van der Waals surface area contributed by atoms with E-state index in [1.807, 2.05) is 0 Å². The lowest BCUT2D eigenvalue weighted by Crippen LogP contribution is -2.33. The first-order valence-electron chi connectivity index (χ1n) is 10.1. The van der Waals surface area contributed by atoms with E-state index in [0.717, 1.165) is 6.07 Å². The summed E-state index contributed by atoms with van der Waals surface area (Å²) in [4.78, 5) is 37.5. The predicted molar refractivity (Wildman–Crippen MR) is 118 cm³/mol. The summed E-state index contributed by atoms with van der Waals surface area (Å²) < 4.78 is 44.8. The quantitative estimate of drug-likeness (QED) is 0.514. The van der Waals surface area contributed by atoms with Gasteiger partial charge in [-0.2, -0.15) is 13.2 Å². The molecular weight excluding hydrogens is 439 g/mol. The molecule has 0 aliphatic rings. The van der Waals surface area contributed by atoms with E-state index in [4.69, 9.17) is 4.42 Å². The minimum absolute atomic E-state index is 0.186. The Balaban J connectivity index is 1.79. The molecule has 0 atom stereocenters. The fourth-order valence-electron chi connectivity index (χ4n) is 3.39. The second kappa shape index (κ2) is 9.86. The third-order valence-corrected chi connectivity index (χ3v) is 4.87. The molecule has 0 unspecified atom stereocenters. The highest BCUT2D eigenvalue weighted by atomic mass is 19.4. The molecule has 3 aromatic rings. The molecule has 2 amide bonds. The first-order chi connectivity index (χ1) is 15.6. The number of halogens is 3. The van der Waals surface area contributed by atoms with E-state index in [2.05, 4.69) is 10.6 Å². The molecule has 0 saturated heterocycles. The summed E-state index contributed by atoms with van der Waals surface area (Å²) in [5.41, 5.74) is -0.530. The van der Waals surface area contributed by atoms with Gasteiger partial charge in [-0.3, -0.25) is 14.5 Å². The summed E-state index contributed by atoms with van der Waals surface area (Å²) in [5.74, 6) is -0.892. The standard InChI is InChI=1S/C23H22F3N3O4/c1-3-29(13-21(31)28-19-7-5-4-6-18(19)23(24,25)26)12-15-10-22(32)33-20-11-16(27-14(2)30)8-9-17(15)20/h4-11H,3,12-13H2,1-2H3,(H,27,30)(H,28,31). The first-order valence-corrected chi connectivity index (χ1v) is 10.1. The van der Waals surface area contributed by atoms with Crippen LogP contribution in [0.5, 0.6) is 0 Å². The Morgan fingerprint density at radius 1 is 1.06 bits per heavy atom. The van der Waals surface area contributed by atoms with Gasteiger partial charge in [0.05, 0.1) is 17.8 Å². The normalized spacial score (nSPS) is 11.6. The van der Waals surface area contributed by atoms with Gasteiger partial charge in [0.25, 0.3) is 0 Å². The molecule has 2 N–H and O–H groups in total. The number of fused-ring (bicyclic) bond motifs is 1. The molecule has 7 nitrogen and oxygen atoms in total. The van der Waals surface area contributed by atoms with E-state index in [9.17, 15) is 27.6 Å². The SMILES string of the molecule is CCN(CC(=O)Nc1ccccc1C(F)(F)F)Cc1cc(=O)oc2cc(NC(C)=O)ccc12. The Kier molecular flexibility index (Phi) is 7.17. The van der Waals surface area contributed by atoms with Crippen LogP contribution in [0, 0.1) is 0 Å². The molecule has 2 aromatic carbocycles. The largest absolute Gasteiger partial charge is 0.423 e. The molecule has 3 rings (SSSR count). The molecule has 10 heteroatoms. The Morgan fingerprint density at radius 3 is 2.45 bits per heavy atom. The van der Waals surface area contributed by atoms with Crippen LogP contribution in [0.25, 0.3) is 11.0 Å². The van der Waals surface area contributed by atoms with Crippen molar-refractivity contribution in [3.05, 3.63) is 70.1 Å². The molecule has 33 heavy (non-hydrogen) atoms. The second-order valence-corrected chi connectivity index (χ2v) is 7.38. The van der Waals surface area contributed by atoms with Gasteiger partial charge >= 0.3 is 11.8 Å². The molecule has 0 fully saturated rings. The van der Waals surface area contributed by atoms with Crippen molar-refractivity contribution in [1.82, 2.24) is 4.90 Å². The van der Waals surface area contributed by atoms with Crippen LogP contribution in [-0.4, -0.2) is 29.8 Å². The maximum Gasteiger partial charge on any atom is 0.418 e. The van der Waals surface area contributed by atoms with Crippen molar-refractivity contribution in [2.75, 3.05) is 23.7 Å². The van der Waals surface area contributed by atoms with Gasteiger partial charge in [0, 0.05) is 36.7 Å². The number of benzene rings is 2. The molecule has 1 aromatic heterocycles. The lowest BCUT2D eigenvalue weighted by atomic mass is 10.1. The first kappa shape index (κ1) is 24.0. The molecule has 0 saturated carbocycles. The maximum atomic E-state index is 13.2. The molecule has 0 bridgehead atoms. The number of hydrogen-bond donors (Lipinski definition) is 2. The van der Waals surface area contributed by atoms with E-state index < -0.39 is 23.3 Å². The molecule has 0 radical (unpaired) electrons. The average Bonchev–Trinajstić information content (AvgIpc) is 2.72. The number of para-hydroxylation sites is 1. The molecule has 0 aliphatic heterocycles. The zero-order chi connectivity index (χ0) is 24.2. The van der Waals surface area contributed by atoms with Crippen LogP contribution in [0.4, 0.5) is 24.5 Å². The van der Waals surface area contributed by atoms with Gasteiger partial charge < -0.3 is 15.1 Å². The third-order valence-electron chi connectivity index (χ3n) is 4.87. The molecule has 1 heterocycles. The Hall–Kier alpha value is -3.66. The van der Waals surface area contributed by atoms with Gasteiger partial charge in [-0.15, -0.1) is 0 Å². The fraction of sp³-hybridized carbons (Fsp3) is 0.261. The lowest BCUT2D eigenvalue weighted by Gasteiger charge is -2.21. The number of amides is 2. The van der Waals surface area contributed by atoms with E-state index in [1.165, 1.54) is 37.3 Å². The smallest absolute Gasteiger partial charge is 0.418 e. The van der Waals surface area contributed by atoms with Crippen LogP contribution >= 0.6 is 0 Å². The van der Waals surface area contributed by atoms with Crippen LogP contribution in [0.1, 0.15) is 25.0 Å². The topological polar surface area (TPSA) is 91.7 Å². The number of carbonyl (C=O) groups excluding carboxylic acids is 2. The van der Waals surface area contributed by atoms with Crippen molar-refractivity contribution in [2.24, 2.45) is 0 Å². The zero-order valence-electron chi connectivity index (χ0n) is 18.0. The minimum atomic E-state index is -4.60. The fourth-order valence-corrected chi connectivity index (χ4v) is 3.39. The Morgan fingerprint density at radius 2 is 1.79 bits per heavy atom. The molecule has 0 spiro atoms. The van der Waals surface area contributed by atoms with E-state index in [0.29, 0.717) is 23.2 Å². The number of rotatable bonds is 7. The van der Waals surface area contributed by atoms with Crippen molar-refractivity contribution >= 4 is 34.2 Å². The van der Waals surface area contributed by atoms with E-state index in [1.54, 1.807) is 24.0 Å². The predicted octanol–water partition coefficient (Wildman–Crippen LogP) is 4.23. The summed E-state index contributed by atoms with van der Waals surface area (Å²) in [6, 6.07) is 10.9. The van der Waals surface area contributed by atoms with Crippen LogP contribution in [0.2, 0.25) is 0 Å². The van der Waals surface area contributed by atoms with Crippen LogP contribution in [0.15, 0.2) is 57.7 Å². The summed E-state index contributed by atoms with van der Waals surface area (Å²) in [5, 5.41) is 5.54. The Bertz CT molecular complexity index is 1240. The minimum Gasteiger partial charge on any atom is -0.423 e. The number of alkyl halides is 3. The number of likely N-dealkylation sites (N-methyl/N-ethyl adjacent to an activating group) is 1. The van der Waals surface area contributed by atoms with Crippen molar-refractivity contribution in [3.63, 3.8) is 0 Å². The van der Waals surface area contributed by atoms with Gasteiger partial charge in [0.2, 0.25) is 11.8 Å². The highest BCUT2D eigenvalue weighted by molar-refractivity contribution is 5.93. The van der Waals surface area contributed by atoms with Crippen molar-refractivity contribution in [3.8, 4) is 0 Å². The van der Waals surface area contributed by atoms with Crippen LogP contribution in [0.3, 0.4) is 0 Å². The highest BCUT2D eigenvalue weighted by Gasteiger charge is 2.33. The van der Waals surface area contributed by atoms with Crippen LogP contribution in [-0.2, 0) is 22.3 Å². The third kappa shape index (κ3) is 6.19. The van der Waals surface area contributed by atoms with Gasteiger partial charge in [-0.05, 0) is 36.4 Å². The van der Waals surface area contributed by atoms with Crippen molar-refractivity contribution in [2.45, 2.75) is 26.6 Å². The number of hydrogen-bond acceptors (Lipinski definition) is 5. The number of anilines is 2. The van der Waals surface area contributed by atoms with Crippen LogP contribution < -0.4 is 16.3 Å².